The third kappa shape index (κ3) is 3.04. The zero-order chi connectivity index (χ0) is 15.6. The predicted molar refractivity (Wildman–Crippen MR) is 78.5 cm³/mol. The highest BCUT2D eigenvalue weighted by Gasteiger charge is 2.53. The molecule has 4 amide bonds. The minimum Gasteiger partial charge on any atom is -0.349 e. The second-order valence-electron chi connectivity index (χ2n) is 6.54. The Kier molecular flexibility index (Phi) is 4.54. The zero-order valence-corrected chi connectivity index (χ0v) is 13.1. The van der Waals surface area contributed by atoms with Crippen LogP contribution in [-0.2, 0) is 9.59 Å². The molecule has 1 saturated heterocycles. The van der Waals surface area contributed by atoms with Crippen LogP contribution < -0.4 is 5.32 Å². The zero-order valence-electron chi connectivity index (χ0n) is 13.1. The summed E-state index contributed by atoms with van der Waals surface area (Å²) in [4.78, 5) is 39.2. The van der Waals surface area contributed by atoms with Crippen LogP contribution in [-0.4, -0.2) is 53.8 Å². The second kappa shape index (κ2) is 6.03. The molecule has 6 heteroatoms. The number of nitrogens with one attached hydrogen (secondary N) is 1. The summed E-state index contributed by atoms with van der Waals surface area (Å²) in [5.74, 6) is 0.339. The summed E-state index contributed by atoms with van der Waals surface area (Å²) in [6.45, 7) is 2.59. The van der Waals surface area contributed by atoms with Gasteiger partial charge in [-0.1, -0.05) is 19.8 Å². The second-order valence-corrected chi connectivity index (χ2v) is 6.54. The van der Waals surface area contributed by atoms with Gasteiger partial charge in [-0.25, -0.2) is 4.79 Å². The molecule has 2 unspecified atom stereocenters. The van der Waals surface area contributed by atoms with Gasteiger partial charge in [0.1, 0.15) is 5.54 Å². The van der Waals surface area contributed by atoms with E-state index in [4.69, 9.17) is 0 Å². The molecule has 1 spiro atoms. The predicted octanol–water partition coefficient (Wildman–Crippen LogP) is 1.36. The van der Waals surface area contributed by atoms with E-state index in [9.17, 15) is 14.4 Å². The van der Waals surface area contributed by atoms with Crippen molar-refractivity contribution >= 4 is 17.8 Å². The summed E-state index contributed by atoms with van der Waals surface area (Å²) in [6.07, 6.45) is 4.53. The molecule has 1 saturated carbocycles. The minimum atomic E-state index is -0.671. The van der Waals surface area contributed by atoms with Crippen LogP contribution in [0.5, 0.6) is 0 Å². The van der Waals surface area contributed by atoms with Crippen molar-refractivity contribution in [3.05, 3.63) is 0 Å². The van der Waals surface area contributed by atoms with Crippen LogP contribution in [0.3, 0.4) is 0 Å². The van der Waals surface area contributed by atoms with Crippen molar-refractivity contribution in [1.29, 1.82) is 0 Å². The molecule has 21 heavy (non-hydrogen) atoms. The van der Waals surface area contributed by atoms with Crippen molar-refractivity contribution in [1.82, 2.24) is 15.1 Å². The molecule has 1 N–H and O–H groups in total. The molecule has 0 aromatic carbocycles. The SMILES string of the molecule is CC1CCCC2(C1)C(=O)NC(=O)N2CCCC(=O)N(C)C. The summed E-state index contributed by atoms with van der Waals surface area (Å²) in [7, 11) is 3.44. The van der Waals surface area contributed by atoms with Gasteiger partial charge < -0.3 is 9.80 Å². The van der Waals surface area contributed by atoms with Gasteiger partial charge in [0.2, 0.25) is 5.91 Å². The average molecular weight is 295 g/mol. The fourth-order valence-corrected chi connectivity index (χ4v) is 3.50. The Balaban J connectivity index is 2.03. The van der Waals surface area contributed by atoms with Crippen molar-refractivity contribution in [2.45, 2.75) is 51.0 Å². The van der Waals surface area contributed by atoms with Gasteiger partial charge in [0.15, 0.2) is 0 Å². The Morgan fingerprint density at radius 3 is 2.76 bits per heavy atom. The maximum absolute atomic E-state index is 12.3. The molecular weight excluding hydrogens is 270 g/mol. The van der Waals surface area contributed by atoms with Crippen LogP contribution >= 0.6 is 0 Å². The van der Waals surface area contributed by atoms with E-state index >= 15 is 0 Å². The molecule has 0 bridgehead atoms. The molecule has 1 aliphatic heterocycles. The van der Waals surface area contributed by atoms with E-state index < -0.39 is 5.54 Å². The number of imide groups is 1. The first-order valence-electron chi connectivity index (χ1n) is 7.70. The minimum absolute atomic E-state index is 0.0481. The first kappa shape index (κ1) is 15.8. The number of carbonyl (C=O) groups excluding carboxylic acids is 3. The van der Waals surface area contributed by atoms with Gasteiger partial charge in [0.05, 0.1) is 0 Å². The first-order valence-corrected chi connectivity index (χ1v) is 7.70. The largest absolute Gasteiger partial charge is 0.349 e. The molecule has 0 aromatic rings. The Bertz CT molecular complexity index is 449. The van der Waals surface area contributed by atoms with Crippen LogP contribution in [0.15, 0.2) is 0 Å². The Morgan fingerprint density at radius 2 is 2.14 bits per heavy atom. The summed E-state index contributed by atoms with van der Waals surface area (Å²) < 4.78 is 0. The number of urea groups is 1. The molecule has 2 rings (SSSR count). The normalized spacial score (nSPS) is 28.9. The fraction of sp³-hybridized carbons (Fsp3) is 0.800. The van der Waals surface area contributed by atoms with Gasteiger partial charge in [-0.2, -0.15) is 0 Å². The van der Waals surface area contributed by atoms with Gasteiger partial charge in [-0.15, -0.1) is 0 Å². The van der Waals surface area contributed by atoms with E-state index in [1.54, 1.807) is 23.9 Å². The lowest BCUT2D eigenvalue weighted by Crippen LogP contribution is -2.52. The summed E-state index contributed by atoms with van der Waals surface area (Å²) >= 11 is 0. The van der Waals surface area contributed by atoms with E-state index in [1.807, 2.05) is 0 Å². The standard InChI is InChI=1S/C15H25N3O3/c1-11-6-4-8-15(10-11)13(20)16-14(21)18(15)9-5-7-12(19)17(2)3/h11H,4-10H2,1-3H3,(H,16,20,21). The number of hydrogen-bond donors (Lipinski definition) is 1. The number of rotatable bonds is 4. The van der Waals surface area contributed by atoms with E-state index in [2.05, 4.69) is 12.2 Å². The van der Waals surface area contributed by atoms with Gasteiger partial charge in [-0.05, 0) is 25.2 Å². The summed E-state index contributed by atoms with van der Waals surface area (Å²) in [5.41, 5.74) is -0.671. The fourth-order valence-electron chi connectivity index (χ4n) is 3.50. The molecule has 0 radical (unpaired) electrons. The third-order valence-corrected chi connectivity index (χ3v) is 4.65. The highest BCUT2D eigenvalue weighted by Crippen LogP contribution is 2.39. The van der Waals surface area contributed by atoms with Crippen LogP contribution in [0.1, 0.15) is 45.4 Å². The first-order chi connectivity index (χ1) is 9.86. The van der Waals surface area contributed by atoms with Crippen LogP contribution in [0.4, 0.5) is 4.79 Å². The lowest BCUT2D eigenvalue weighted by atomic mass is 9.75. The molecule has 1 aliphatic carbocycles. The van der Waals surface area contributed by atoms with E-state index in [1.165, 1.54) is 0 Å². The number of amides is 4. The van der Waals surface area contributed by atoms with Crippen molar-refractivity contribution in [2.75, 3.05) is 20.6 Å². The molecule has 2 aliphatic rings. The van der Waals surface area contributed by atoms with E-state index in [0.29, 0.717) is 25.3 Å². The Labute approximate surface area is 125 Å². The van der Waals surface area contributed by atoms with Crippen molar-refractivity contribution in [2.24, 2.45) is 5.92 Å². The van der Waals surface area contributed by atoms with Gasteiger partial charge in [-0.3, -0.25) is 14.9 Å². The summed E-state index contributed by atoms with van der Waals surface area (Å²) in [6, 6.07) is -0.300. The molecule has 118 valence electrons. The average Bonchev–Trinajstić information content (AvgIpc) is 2.62. The molecule has 1 heterocycles. The number of hydrogen-bond acceptors (Lipinski definition) is 3. The summed E-state index contributed by atoms with van der Waals surface area (Å²) in [5, 5.41) is 2.46. The van der Waals surface area contributed by atoms with Crippen molar-refractivity contribution in [3.8, 4) is 0 Å². The topological polar surface area (TPSA) is 69.7 Å². The van der Waals surface area contributed by atoms with E-state index in [0.717, 1.165) is 25.7 Å². The van der Waals surface area contributed by atoms with Crippen LogP contribution in [0, 0.1) is 5.92 Å². The number of nitrogens with zero attached hydrogens (tertiary/aromatic N) is 2. The highest BCUT2D eigenvalue weighted by molar-refractivity contribution is 6.07. The third-order valence-electron chi connectivity index (χ3n) is 4.65. The van der Waals surface area contributed by atoms with Crippen molar-refractivity contribution < 1.29 is 14.4 Å². The highest BCUT2D eigenvalue weighted by atomic mass is 16.2. The Morgan fingerprint density at radius 1 is 1.43 bits per heavy atom. The monoisotopic (exact) mass is 295 g/mol. The quantitative estimate of drug-likeness (QED) is 0.796. The molecule has 2 fully saturated rings. The maximum atomic E-state index is 12.3. The van der Waals surface area contributed by atoms with E-state index in [-0.39, 0.29) is 17.8 Å². The smallest absolute Gasteiger partial charge is 0.325 e. The lowest BCUT2D eigenvalue weighted by Gasteiger charge is -2.40. The lowest BCUT2D eigenvalue weighted by molar-refractivity contribution is -0.129. The van der Waals surface area contributed by atoms with Crippen molar-refractivity contribution in [3.63, 3.8) is 0 Å². The molecular formula is C15H25N3O3. The van der Waals surface area contributed by atoms with Gasteiger partial charge in [0, 0.05) is 27.1 Å². The molecule has 6 nitrogen and oxygen atoms in total. The Hall–Kier alpha value is -1.59. The maximum Gasteiger partial charge on any atom is 0.325 e. The van der Waals surface area contributed by atoms with Crippen LogP contribution in [0.2, 0.25) is 0 Å². The van der Waals surface area contributed by atoms with Crippen LogP contribution in [0.25, 0.3) is 0 Å². The molecule has 2 atom stereocenters. The molecule has 0 aromatic heterocycles. The van der Waals surface area contributed by atoms with Gasteiger partial charge >= 0.3 is 6.03 Å². The van der Waals surface area contributed by atoms with Gasteiger partial charge in [0.25, 0.3) is 5.91 Å². The number of carbonyl (C=O) groups is 3.